The van der Waals surface area contributed by atoms with Gasteiger partial charge in [-0.05, 0) is 39.0 Å². The van der Waals surface area contributed by atoms with Gasteiger partial charge in [0.1, 0.15) is 5.58 Å². The van der Waals surface area contributed by atoms with Crippen molar-refractivity contribution in [1.29, 1.82) is 0 Å². The van der Waals surface area contributed by atoms with Gasteiger partial charge in [-0.3, -0.25) is 4.79 Å². The van der Waals surface area contributed by atoms with Crippen molar-refractivity contribution < 1.29 is 18.7 Å². The fourth-order valence-corrected chi connectivity index (χ4v) is 2.15. The number of likely N-dealkylation sites (N-methyl/N-ethyl adjacent to an activating group) is 1. The van der Waals surface area contributed by atoms with Crippen LogP contribution >= 0.6 is 11.6 Å². The summed E-state index contributed by atoms with van der Waals surface area (Å²) >= 11 is 5.93. The number of rotatable bonds is 4. The summed E-state index contributed by atoms with van der Waals surface area (Å²) in [5.74, 6) is -0.926. The van der Waals surface area contributed by atoms with Crippen LogP contribution in [0.15, 0.2) is 22.6 Å². The molecule has 5 nitrogen and oxygen atoms in total. The van der Waals surface area contributed by atoms with E-state index in [1.165, 1.54) is 6.92 Å². The SMILES string of the molecule is CCNC(=O)[C@@H](C)OC(=O)c1oc2ccc(Cl)cc2c1C. The van der Waals surface area contributed by atoms with Gasteiger partial charge in [-0.1, -0.05) is 11.6 Å². The Morgan fingerprint density at radius 3 is 2.81 bits per heavy atom. The van der Waals surface area contributed by atoms with E-state index in [4.69, 9.17) is 20.8 Å². The number of aryl methyl sites for hydroxylation is 1. The Bertz CT molecular complexity index is 692. The van der Waals surface area contributed by atoms with E-state index < -0.39 is 12.1 Å². The van der Waals surface area contributed by atoms with E-state index in [9.17, 15) is 9.59 Å². The van der Waals surface area contributed by atoms with Crippen LogP contribution in [0.1, 0.15) is 30.0 Å². The number of furan rings is 1. The van der Waals surface area contributed by atoms with Crippen molar-refractivity contribution in [3.05, 3.63) is 34.5 Å². The Labute approximate surface area is 127 Å². The average molecular weight is 310 g/mol. The molecule has 1 aromatic carbocycles. The Morgan fingerprint density at radius 2 is 2.14 bits per heavy atom. The number of carbonyl (C=O) groups excluding carboxylic acids is 2. The van der Waals surface area contributed by atoms with Crippen molar-refractivity contribution in [3.63, 3.8) is 0 Å². The standard InChI is InChI=1S/C15H16ClNO4/c1-4-17-14(18)9(3)20-15(19)13-8(2)11-7-10(16)5-6-12(11)21-13/h5-7,9H,4H2,1-3H3,(H,17,18)/t9-/m1/s1. The third-order valence-corrected chi connectivity index (χ3v) is 3.32. The minimum Gasteiger partial charge on any atom is -0.449 e. The third-order valence-electron chi connectivity index (χ3n) is 3.09. The Balaban J connectivity index is 2.24. The van der Waals surface area contributed by atoms with E-state index in [2.05, 4.69) is 5.32 Å². The lowest BCUT2D eigenvalue weighted by atomic mass is 10.1. The van der Waals surface area contributed by atoms with Gasteiger partial charge in [-0.25, -0.2) is 4.79 Å². The van der Waals surface area contributed by atoms with Gasteiger partial charge in [0.2, 0.25) is 5.76 Å². The molecule has 21 heavy (non-hydrogen) atoms. The van der Waals surface area contributed by atoms with Gasteiger partial charge in [-0.15, -0.1) is 0 Å². The maximum atomic E-state index is 12.1. The Kier molecular flexibility index (Phi) is 4.53. The van der Waals surface area contributed by atoms with Crippen molar-refractivity contribution >= 4 is 34.4 Å². The molecule has 0 aliphatic carbocycles. The van der Waals surface area contributed by atoms with Crippen LogP contribution in [0.3, 0.4) is 0 Å². The predicted molar refractivity (Wildman–Crippen MR) is 79.5 cm³/mol. The molecule has 6 heteroatoms. The molecule has 0 aliphatic heterocycles. The van der Waals surface area contributed by atoms with Gasteiger partial charge in [0.15, 0.2) is 6.10 Å². The molecule has 2 aromatic rings. The maximum Gasteiger partial charge on any atom is 0.375 e. The number of amides is 1. The van der Waals surface area contributed by atoms with Crippen LogP contribution < -0.4 is 5.32 Å². The van der Waals surface area contributed by atoms with Gasteiger partial charge in [0.25, 0.3) is 5.91 Å². The first-order chi connectivity index (χ1) is 9.93. The topological polar surface area (TPSA) is 68.5 Å². The highest BCUT2D eigenvalue weighted by molar-refractivity contribution is 6.31. The van der Waals surface area contributed by atoms with Crippen molar-refractivity contribution in [1.82, 2.24) is 5.32 Å². The highest BCUT2D eigenvalue weighted by Crippen LogP contribution is 2.28. The van der Waals surface area contributed by atoms with Gasteiger partial charge >= 0.3 is 5.97 Å². The van der Waals surface area contributed by atoms with E-state index in [1.807, 2.05) is 0 Å². The Hall–Kier alpha value is -2.01. The Morgan fingerprint density at radius 1 is 1.43 bits per heavy atom. The average Bonchev–Trinajstić information content (AvgIpc) is 2.76. The quantitative estimate of drug-likeness (QED) is 0.881. The molecule has 1 aromatic heterocycles. The van der Waals surface area contributed by atoms with Gasteiger partial charge < -0.3 is 14.5 Å². The molecule has 2 rings (SSSR count). The van der Waals surface area contributed by atoms with Crippen molar-refractivity contribution in [2.24, 2.45) is 0 Å². The number of ether oxygens (including phenoxy) is 1. The zero-order valence-corrected chi connectivity index (χ0v) is 12.8. The first-order valence-corrected chi connectivity index (χ1v) is 6.99. The van der Waals surface area contributed by atoms with E-state index in [1.54, 1.807) is 32.0 Å². The van der Waals surface area contributed by atoms with Crippen LogP contribution in [0, 0.1) is 6.92 Å². The first kappa shape index (κ1) is 15.4. The van der Waals surface area contributed by atoms with Crippen LogP contribution in [0.5, 0.6) is 0 Å². The lowest BCUT2D eigenvalue weighted by molar-refractivity contribution is -0.129. The highest BCUT2D eigenvalue weighted by atomic mass is 35.5. The molecule has 112 valence electrons. The number of benzene rings is 1. The molecular weight excluding hydrogens is 294 g/mol. The van der Waals surface area contributed by atoms with Crippen molar-refractivity contribution in [3.8, 4) is 0 Å². The van der Waals surface area contributed by atoms with Gasteiger partial charge in [0.05, 0.1) is 0 Å². The number of carbonyl (C=O) groups is 2. The molecule has 0 fully saturated rings. The molecular formula is C15H16ClNO4. The second kappa shape index (κ2) is 6.18. The summed E-state index contributed by atoms with van der Waals surface area (Å²) in [6.07, 6.45) is -0.881. The molecule has 1 N–H and O–H groups in total. The van der Waals surface area contributed by atoms with Crippen LogP contribution in [0.25, 0.3) is 11.0 Å². The molecule has 0 unspecified atom stereocenters. The molecule has 0 spiro atoms. The van der Waals surface area contributed by atoms with Gasteiger partial charge in [-0.2, -0.15) is 0 Å². The molecule has 0 radical (unpaired) electrons. The summed E-state index contributed by atoms with van der Waals surface area (Å²) in [5.41, 5.74) is 1.19. The van der Waals surface area contributed by atoms with E-state index in [0.717, 1.165) is 5.39 Å². The molecule has 0 bridgehead atoms. The number of fused-ring (bicyclic) bond motifs is 1. The highest BCUT2D eigenvalue weighted by Gasteiger charge is 2.23. The smallest absolute Gasteiger partial charge is 0.375 e. The molecule has 1 atom stereocenters. The third kappa shape index (κ3) is 3.19. The molecule has 0 saturated carbocycles. The number of hydrogen-bond acceptors (Lipinski definition) is 4. The summed E-state index contributed by atoms with van der Waals surface area (Å²) in [6.45, 7) is 5.52. The van der Waals surface area contributed by atoms with Gasteiger partial charge in [0, 0.05) is 22.5 Å². The molecule has 1 heterocycles. The summed E-state index contributed by atoms with van der Waals surface area (Å²) in [4.78, 5) is 23.7. The fraction of sp³-hybridized carbons (Fsp3) is 0.333. The second-order valence-corrected chi connectivity index (χ2v) is 5.08. The number of esters is 1. The van der Waals surface area contributed by atoms with Crippen LogP contribution in [-0.4, -0.2) is 24.5 Å². The van der Waals surface area contributed by atoms with E-state index in [-0.39, 0.29) is 11.7 Å². The van der Waals surface area contributed by atoms with Crippen molar-refractivity contribution in [2.75, 3.05) is 6.54 Å². The number of nitrogens with one attached hydrogen (secondary N) is 1. The van der Waals surface area contributed by atoms with Crippen LogP contribution in [-0.2, 0) is 9.53 Å². The summed E-state index contributed by atoms with van der Waals surface area (Å²) in [6, 6.07) is 5.09. The molecule has 0 aliphatic rings. The first-order valence-electron chi connectivity index (χ1n) is 6.61. The summed E-state index contributed by atoms with van der Waals surface area (Å²) in [5, 5.41) is 3.89. The normalized spacial score (nSPS) is 12.2. The number of halogens is 1. The predicted octanol–water partition coefficient (Wildman–Crippen LogP) is 3.08. The van der Waals surface area contributed by atoms with Crippen LogP contribution in [0.4, 0.5) is 0 Å². The fourth-order valence-electron chi connectivity index (χ4n) is 1.97. The summed E-state index contributed by atoms with van der Waals surface area (Å²) < 4.78 is 10.6. The largest absolute Gasteiger partial charge is 0.449 e. The minimum absolute atomic E-state index is 0.0865. The number of hydrogen-bond donors (Lipinski definition) is 1. The maximum absolute atomic E-state index is 12.1. The van der Waals surface area contributed by atoms with E-state index in [0.29, 0.717) is 22.7 Å². The summed E-state index contributed by atoms with van der Waals surface area (Å²) in [7, 11) is 0. The van der Waals surface area contributed by atoms with E-state index >= 15 is 0 Å². The zero-order chi connectivity index (χ0) is 15.6. The molecule has 1 amide bonds. The zero-order valence-electron chi connectivity index (χ0n) is 12.0. The minimum atomic E-state index is -0.881. The lowest BCUT2D eigenvalue weighted by Crippen LogP contribution is -2.35. The molecule has 0 saturated heterocycles. The van der Waals surface area contributed by atoms with Crippen molar-refractivity contribution in [2.45, 2.75) is 26.9 Å². The lowest BCUT2D eigenvalue weighted by Gasteiger charge is -2.11. The monoisotopic (exact) mass is 309 g/mol. The second-order valence-electron chi connectivity index (χ2n) is 4.64. The van der Waals surface area contributed by atoms with Crippen LogP contribution in [0.2, 0.25) is 5.02 Å².